The van der Waals surface area contributed by atoms with Crippen LogP contribution in [-0.4, -0.2) is 22.9 Å². The van der Waals surface area contributed by atoms with Crippen LogP contribution in [0.25, 0.3) is 0 Å². The fourth-order valence-electron chi connectivity index (χ4n) is 4.27. The zero-order valence-corrected chi connectivity index (χ0v) is 18.5. The molecule has 3 aromatic rings. The number of hydrogen-bond acceptors (Lipinski definition) is 5. The van der Waals surface area contributed by atoms with Crippen molar-refractivity contribution in [1.29, 1.82) is 0 Å². The second-order valence-corrected chi connectivity index (χ2v) is 10.2. The van der Waals surface area contributed by atoms with Crippen molar-refractivity contribution in [2.45, 2.75) is 35.3 Å². The fraction of sp³-hybridized carbons (Fsp3) is 0.208. The van der Waals surface area contributed by atoms with Crippen LogP contribution in [0.15, 0.2) is 58.8 Å². The summed E-state index contributed by atoms with van der Waals surface area (Å²) in [5.41, 5.74) is 1.41. The Balaban J connectivity index is 1.52. The lowest BCUT2D eigenvalue weighted by Gasteiger charge is -2.42. The van der Waals surface area contributed by atoms with Crippen molar-refractivity contribution < 1.29 is 23.9 Å². The van der Waals surface area contributed by atoms with Gasteiger partial charge in [0, 0.05) is 9.64 Å². The zero-order valence-electron chi connectivity index (χ0n) is 16.8. The number of hydrogen-bond donors (Lipinski definition) is 1. The Hall–Kier alpha value is -2.97. The minimum atomic E-state index is -1.24. The Kier molecular flexibility index (Phi) is 5.14. The van der Waals surface area contributed by atoms with E-state index in [0.29, 0.717) is 5.56 Å². The number of aromatic carboxylic acids is 1. The molecule has 5 nitrogen and oxygen atoms in total. The summed E-state index contributed by atoms with van der Waals surface area (Å²) in [6.07, 6.45) is 2.92. The number of rotatable bonds is 5. The molecule has 0 spiro atoms. The Morgan fingerprint density at radius 3 is 2.53 bits per heavy atom. The molecule has 2 aromatic carbocycles. The van der Waals surface area contributed by atoms with Crippen LogP contribution in [0.1, 0.15) is 50.4 Å². The van der Waals surface area contributed by atoms with Gasteiger partial charge in [0.2, 0.25) is 5.91 Å². The molecular weight excluding hydrogens is 449 g/mol. The molecule has 2 amide bonds. The van der Waals surface area contributed by atoms with Gasteiger partial charge in [-0.1, -0.05) is 30.3 Å². The van der Waals surface area contributed by atoms with Gasteiger partial charge >= 0.3 is 5.97 Å². The van der Waals surface area contributed by atoms with Gasteiger partial charge in [0.05, 0.1) is 17.7 Å². The molecule has 0 unspecified atom stereocenters. The zero-order chi connectivity index (χ0) is 22.5. The van der Waals surface area contributed by atoms with Gasteiger partial charge in [0.1, 0.15) is 10.7 Å². The number of amides is 2. The van der Waals surface area contributed by atoms with Crippen molar-refractivity contribution in [3.63, 3.8) is 0 Å². The van der Waals surface area contributed by atoms with Crippen LogP contribution in [0, 0.1) is 5.82 Å². The number of thioether (sulfide) groups is 1. The molecule has 1 fully saturated rings. The summed E-state index contributed by atoms with van der Waals surface area (Å²) >= 11 is 2.51. The van der Waals surface area contributed by atoms with E-state index in [9.17, 15) is 23.9 Å². The van der Waals surface area contributed by atoms with Gasteiger partial charge in [-0.25, -0.2) is 14.1 Å². The van der Waals surface area contributed by atoms with Gasteiger partial charge in [0.25, 0.3) is 5.91 Å². The van der Waals surface area contributed by atoms with E-state index in [1.807, 2.05) is 18.2 Å². The van der Waals surface area contributed by atoms with Gasteiger partial charge in [-0.3, -0.25) is 9.59 Å². The molecule has 0 saturated heterocycles. The molecule has 0 bridgehead atoms. The Morgan fingerprint density at radius 2 is 1.88 bits per heavy atom. The number of nitrogens with zero attached hydrogens (tertiary/aromatic N) is 1. The predicted molar refractivity (Wildman–Crippen MR) is 121 cm³/mol. The Labute approximate surface area is 191 Å². The number of carboxylic acid groups (broad SMARTS) is 1. The quantitative estimate of drug-likeness (QED) is 0.503. The Morgan fingerprint density at radius 1 is 1.12 bits per heavy atom. The van der Waals surface area contributed by atoms with Crippen LogP contribution in [0.5, 0.6) is 0 Å². The maximum absolute atomic E-state index is 14.8. The van der Waals surface area contributed by atoms with Gasteiger partial charge in [0.15, 0.2) is 0 Å². The second-order valence-electron chi connectivity index (χ2n) is 7.91. The predicted octanol–water partition coefficient (Wildman–Crippen LogP) is 5.49. The lowest BCUT2D eigenvalue weighted by Crippen LogP contribution is -2.43. The van der Waals surface area contributed by atoms with Crippen molar-refractivity contribution in [3.8, 4) is 0 Å². The molecule has 1 saturated carbocycles. The Bertz CT molecular complexity index is 1250. The van der Waals surface area contributed by atoms with E-state index >= 15 is 0 Å². The summed E-state index contributed by atoms with van der Waals surface area (Å²) in [6.45, 7) is 0. The van der Waals surface area contributed by atoms with E-state index in [1.165, 1.54) is 23.1 Å². The van der Waals surface area contributed by atoms with Gasteiger partial charge in [-0.2, -0.15) is 0 Å². The molecule has 162 valence electrons. The lowest BCUT2D eigenvalue weighted by molar-refractivity contribution is -0.117. The summed E-state index contributed by atoms with van der Waals surface area (Å²) in [6, 6.07) is 14.6. The van der Waals surface area contributed by atoms with Crippen molar-refractivity contribution in [1.82, 2.24) is 0 Å². The standard InChI is InChI=1S/C24H18FNO4S2/c25-17-8-7-16(32-24(9-4-10-24)15-5-2-1-3-6-15)12-18(17)26-19(27)11-14-13-31-21(23(29)30)20(14)22(26)28/h1-3,5-8,12-13H,4,9-11H2,(H,29,30). The largest absolute Gasteiger partial charge is 0.477 e. The van der Waals surface area contributed by atoms with Crippen LogP contribution in [-0.2, 0) is 16.0 Å². The van der Waals surface area contributed by atoms with Crippen LogP contribution in [0.4, 0.5) is 10.1 Å². The maximum atomic E-state index is 14.8. The summed E-state index contributed by atoms with van der Waals surface area (Å²) < 4.78 is 14.7. The minimum absolute atomic E-state index is 0.0284. The first kappa shape index (κ1) is 20.9. The minimum Gasteiger partial charge on any atom is -0.477 e. The summed E-state index contributed by atoms with van der Waals surface area (Å²) in [7, 11) is 0. The highest BCUT2D eigenvalue weighted by molar-refractivity contribution is 8.00. The molecule has 1 aliphatic carbocycles. The maximum Gasteiger partial charge on any atom is 0.346 e. The average Bonchev–Trinajstić information content (AvgIpc) is 3.17. The molecular formula is C24H18FNO4S2. The van der Waals surface area contributed by atoms with Gasteiger partial charge < -0.3 is 5.11 Å². The first-order chi connectivity index (χ1) is 15.4. The van der Waals surface area contributed by atoms with Crippen LogP contribution in [0.3, 0.4) is 0 Å². The molecule has 1 aromatic heterocycles. The first-order valence-electron chi connectivity index (χ1n) is 10.1. The number of anilines is 1. The summed E-state index contributed by atoms with van der Waals surface area (Å²) in [5.74, 6) is -3.30. The lowest BCUT2D eigenvalue weighted by atomic mass is 9.79. The number of fused-ring (bicyclic) bond motifs is 1. The third-order valence-electron chi connectivity index (χ3n) is 6.00. The SMILES string of the molecule is O=C(O)c1scc2c1C(=O)N(c1cc(SC3(c4ccccc4)CCC3)ccc1F)C(=O)C2. The van der Waals surface area contributed by atoms with Gasteiger partial charge in [-0.15, -0.1) is 23.1 Å². The molecule has 1 aliphatic heterocycles. The highest BCUT2D eigenvalue weighted by Crippen LogP contribution is 2.55. The molecule has 2 aliphatic rings. The van der Waals surface area contributed by atoms with Crippen molar-refractivity contribution in [2.75, 3.05) is 4.90 Å². The molecule has 0 radical (unpaired) electrons. The highest BCUT2D eigenvalue weighted by atomic mass is 32.2. The molecule has 8 heteroatoms. The summed E-state index contributed by atoms with van der Waals surface area (Å²) in [4.78, 5) is 38.8. The number of carbonyl (C=O) groups is 3. The molecule has 0 atom stereocenters. The van der Waals surface area contributed by atoms with E-state index in [2.05, 4.69) is 12.1 Å². The highest BCUT2D eigenvalue weighted by Gasteiger charge is 2.41. The molecule has 2 heterocycles. The normalized spacial score (nSPS) is 17.1. The number of imide groups is 1. The van der Waals surface area contributed by atoms with E-state index in [-0.39, 0.29) is 27.3 Å². The van der Waals surface area contributed by atoms with Crippen molar-refractivity contribution >= 4 is 46.6 Å². The number of carboxylic acids is 1. The smallest absolute Gasteiger partial charge is 0.346 e. The average molecular weight is 468 g/mol. The third kappa shape index (κ3) is 3.34. The third-order valence-corrected chi connectivity index (χ3v) is 8.54. The van der Waals surface area contributed by atoms with Crippen LogP contribution >= 0.6 is 23.1 Å². The fourth-order valence-corrected chi connectivity index (χ4v) is 6.67. The number of halogens is 1. The monoisotopic (exact) mass is 467 g/mol. The number of thiophene rings is 1. The van der Waals surface area contributed by atoms with E-state index in [0.717, 1.165) is 40.4 Å². The van der Waals surface area contributed by atoms with E-state index < -0.39 is 23.6 Å². The molecule has 5 rings (SSSR count). The first-order valence-corrected chi connectivity index (χ1v) is 11.8. The molecule has 1 N–H and O–H groups in total. The number of benzene rings is 2. The van der Waals surface area contributed by atoms with Crippen LogP contribution in [0.2, 0.25) is 0 Å². The van der Waals surface area contributed by atoms with E-state index in [4.69, 9.17) is 0 Å². The second kappa shape index (κ2) is 7.86. The molecule has 32 heavy (non-hydrogen) atoms. The van der Waals surface area contributed by atoms with Crippen molar-refractivity contribution in [2.24, 2.45) is 0 Å². The van der Waals surface area contributed by atoms with Crippen molar-refractivity contribution in [3.05, 3.63) is 81.3 Å². The van der Waals surface area contributed by atoms with Gasteiger partial charge in [-0.05, 0) is 54.0 Å². The topological polar surface area (TPSA) is 74.7 Å². The summed E-state index contributed by atoms with van der Waals surface area (Å²) in [5, 5.41) is 10.9. The van der Waals surface area contributed by atoms with Crippen LogP contribution < -0.4 is 4.90 Å². The number of carbonyl (C=O) groups excluding carboxylic acids is 2. The van der Waals surface area contributed by atoms with E-state index in [1.54, 1.807) is 17.8 Å².